The Kier molecular flexibility index (Phi) is 5.11. The van der Waals surface area contributed by atoms with Crippen molar-refractivity contribution >= 4 is 0 Å². The van der Waals surface area contributed by atoms with E-state index in [1.807, 2.05) is 0 Å². The number of nitrogens with one attached hydrogen (secondary N) is 1. The van der Waals surface area contributed by atoms with Gasteiger partial charge in [-0.3, -0.25) is 5.10 Å². The van der Waals surface area contributed by atoms with Crippen LogP contribution in [0.4, 0.5) is 4.39 Å². The van der Waals surface area contributed by atoms with Crippen molar-refractivity contribution in [3.05, 3.63) is 54.9 Å². The molecule has 0 aliphatic carbocycles. The Balaban J connectivity index is 0.000000497. The first-order valence-electron chi connectivity index (χ1n) is 6.42. The van der Waals surface area contributed by atoms with Gasteiger partial charge in [-0.2, -0.15) is 5.10 Å². The average Bonchev–Trinajstić information content (AvgIpc) is 2.99. The molecule has 2 aromatic heterocycles. The fourth-order valence-electron chi connectivity index (χ4n) is 1.77. The summed E-state index contributed by atoms with van der Waals surface area (Å²) in [6.45, 7) is 1.93. The average molecular weight is 286 g/mol. The molecule has 0 unspecified atom stereocenters. The number of H-pyrrole nitrogens is 1. The third-order valence-corrected chi connectivity index (χ3v) is 2.63. The van der Waals surface area contributed by atoms with E-state index in [1.165, 1.54) is 18.5 Å². The van der Waals surface area contributed by atoms with Crippen LogP contribution in [0.5, 0.6) is 0 Å². The third kappa shape index (κ3) is 3.70. The van der Waals surface area contributed by atoms with Crippen LogP contribution in [0.3, 0.4) is 0 Å². The van der Waals surface area contributed by atoms with Gasteiger partial charge in [0.2, 0.25) is 0 Å². The van der Waals surface area contributed by atoms with E-state index in [0.717, 1.165) is 22.5 Å². The van der Waals surface area contributed by atoms with Crippen LogP contribution < -0.4 is 0 Å². The van der Waals surface area contributed by atoms with Crippen LogP contribution in [0.1, 0.15) is 6.92 Å². The summed E-state index contributed by atoms with van der Waals surface area (Å²) in [4.78, 5) is 8.06. The Bertz CT molecular complexity index is 668. The second-order valence-corrected chi connectivity index (χ2v) is 4.08. The molecule has 3 aromatic rings. The minimum absolute atomic E-state index is 0.250. The van der Waals surface area contributed by atoms with Crippen LogP contribution in [0.25, 0.3) is 22.5 Å². The Morgan fingerprint density at radius 2 is 1.90 bits per heavy atom. The number of hydrogen-bond donors (Lipinski definition) is 2. The van der Waals surface area contributed by atoms with Gasteiger partial charge in [0.25, 0.3) is 0 Å². The van der Waals surface area contributed by atoms with Gasteiger partial charge in [0.1, 0.15) is 12.1 Å². The van der Waals surface area contributed by atoms with Crippen LogP contribution in [-0.4, -0.2) is 31.9 Å². The highest BCUT2D eigenvalue weighted by atomic mass is 19.1. The lowest BCUT2D eigenvalue weighted by Crippen LogP contribution is -1.86. The molecule has 3 rings (SSSR count). The van der Waals surface area contributed by atoms with Gasteiger partial charge in [-0.25, -0.2) is 14.4 Å². The van der Waals surface area contributed by atoms with Gasteiger partial charge in [-0.05, 0) is 37.3 Å². The van der Waals surface area contributed by atoms with Crippen LogP contribution in [0.15, 0.2) is 49.1 Å². The van der Waals surface area contributed by atoms with E-state index in [1.54, 1.807) is 37.5 Å². The molecular weight excluding hydrogens is 271 g/mol. The Hall–Kier alpha value is -2.60. The second kappa shape index (κ2) is 7.25. The molecule has 1 aromatic carbocycles. The summed E-state index contributed by atoms with van der Waals surface area (Å²) < 4.78 is 12.9. The number of nitrogens with zero attached hydrogens (tertiary/aromatic N) is 3. The van der Waals surface area contributed by atoms with Gasteiger partial charge in [0, 0.05) is 23.9 Å². The van der Waals surface area contributed by atoms with Crippen molar-refractivity contribution in [2.75, 3.05) is 6.61 Å². The molecule has 21 heavy (non-hydrogen) atoms. The predicted octanol–water partition coefficient (Wildman–Crippen LogP) is 2.67. The van der Waals surface area contributed by atoms with E-state index >= 15 is 0 Å². The predicted molar refractivity (Wildman–Crippen MR) is 77.8 cm³/mol. The summed E-state index contributed by atoms with van der Waals surface area (Å²) in [5.74, 6) is -0.262. The second-order valence-electron chi connectivity index (χ2n) is 4.08. The van der Waals surface area contributed by atoms with Crippen molar-refractivity contribution in [2.24, 2.45) is 0 Å². The van der Waals surface area contributed by atoms with E-state index < -0.39 is 0 Å². The highest BCUT2D eigenvalue weighted by molar-refractivity contribution is 5.78. The van der Waals surface area contributed by atoms with Crippen molar-refractivity contribution in [2.45, 2.75) is 6.92 Å². The highest BCUT2D eigenvalue weighted by Gasteiger charge is 2.10. The van der Waals surface area contributed by atoms with Crippen molar-refractivity contribution in [1.82, 2.24) is 20.2 Å². The summed E-state index contributed by atoms with van der Waals surface area (Å²) in [6, 6.07) is 8.04. The van der Waals surface area contributed by atoms with E-state index in [4.69, 9.17) is 5.11 Å². The fourth-order valence-corrected chi connectivity index (χ4v) is 1.77. The molecule has 0 aliphatic rings. The zero-order chi connectivity index (χ0) is 15.1. The quantitative estimate of drug-likeness (QED) is 0.759. The molecule has 0 saturated carbocycles. The zero-order valence-electron chi connectivity index (χ0n) is 11.5. The molecular formula is C15H15FN4O. The summed E-state index contributed by atoms with van der Waals surface area (Å²) >= 11 is 0. The van der Waals surface area contributed by atoms with Gasteiger partial charge >= 0.3 is 0 Å². The van der Waals surface area contributed by atoms with Crippen LogP contribution in [-0.2, 0) is 0 Å². The summed E-state index contributed by atoms with van der Waals surface area (Å²) in [5.41, 5.74) is 3.32. The number of halogens is 1. The Morgan fingerprint density at radius 1 is 1.19 bits per heavy atom. The first kappa shape index (κ1) is 14.8. The Morgan fingerprint density at radius 3 is 2.52 bits per heavy atom. The molecule has 0 atom stereocenters. The van der Waals surface area contributed by atoms with E-state index in [2.05, 4.69) is 20.2 Å². The largest absolute Gasteiger partial charge is 0.397 e. The molecule has 0 aliphatic heterocycles. The minimum atomic E-state index is -0.262. The molecule has 0 saturated heterocycles. The molecule has 6 heteroatoms. The van der Waals surface area contributed by atoms with E-state index in [-0.39, 0.29) is 12.4 Å². The van der Waals surface area contributed by atoms with Crippen LogP contribution >= 0.6 is 0 Å². The summed E-state index contributed by atoms with van der Waals surface area (Å²) in [7, 11) is 0. The number of aliphatic hydroxyl groups excluding tert-OH is 1. The number of aromatic amines is 1. The van der Waals surface area contributed by atoms with E-state index in [0.29, 0.717) is 0 Å². The molecule has 2 N–H and O–H groups in total. The molecule has 108 valence electrons. The minimum Gasteiger partial charge on any atom is -0.397 e. The maximum Gasteiger partial charge on any atom is 0.123 e. The maximum absolute atomic E-state index is 12.9. The van der Waals surface area contributed by atoms with Crippen LogP contribution in [0.2, 0.25) is 0 Å². The topological polar surface area (TPSA) is 74.7 Å². The normalized spacial score (nSPS) is 9.86. The molecule has 0 radical (unpaired) electrons. The summed E-state index contributed by atoms with van der Waals surface area (Å²) in [5, 5.41) is 14.5. The smallest absolute Gasteiger partial charge is 0.123 e. The van der Waals surface area contributed by atoms with Crippen molar-refractivity contribution in [3.8, 4) is 22.5 Å². The number of aliphatic hydroxyl groups is 1. The molecule has 0 bridgehead atoms. The number of hydrogen-bond acceptors (Lipinski definition) is 4. The molecule has 5 nitrogen and oxygen atoms in total. The van der Waals surface area contributed by atoms with Gasteiger partial charge in [0.05, 0.1) is 17.6 Å². The van der Waals surface area contributed by atoms with Crippen molar-refractivity contribution < 1.29 is 9.50 Å². The standard InChI is InChI=1S/C13H9FN4.C2H6O/c14-10-3-1-9(2-4-10)13-11(7-17-18-13)12-5-6-15-8-16-12;1-2-3/h1-8H,(H,17,18);3H,2H2,1H3. The molecule has 0 spiro atoms. The van der Waals surface area contributed by atoms with Crippen molar-refractivity contribution in [1.29, 1.82) is 0 Å². The molecule has 2 heterocycles. The first-order valence-corrected chi connectivity index (χ1v) is 6.42. The maximum atomic E-state index is 12.9. The van der Waals surface area contributed by atoms with Crippen molar-refractivity contribution in [3.63, 3.8) is 0 Å². The first-order chi connectivity index (χ1) is 10.3. The van der Waals surface area contributed by atoms with E-state index in [9.17, 15) is 4.39 Å². The number of benzene rings is 1. The number of rotatable bonds is 2. The SMILES string of the molecule is CCO.Fc1ccc(-c2[nH]ncc2-c2ccncn2)cc1. The lowest BCUT2D eigenvalue weighted by Gasteiger charge is -2.02. The van der Waals surface area contributed by atoms with Gasteiger partial charge in [-0.1, -0.05) is 0 Å². The molecule has 0 amide bonds. The lowest BCUT2D eigenvalue weighted by atomic mass is 10.1. The summed E-state index contributed by atoms with van der Waals surface area (Å²) in [6.07, 6.45) is 4.85. The van der Waals surface area contributed by atoms with Crippen LogP contribution in [0, 0.1) is 5.82 Å². The third-order valence-electron chi connectivity index (χ3n) is 2.63. The molecule has 0 fully saturated rings. The monoisotopic (exact) mass is 286 g/mol. The Labute approximate surface area is 121 Å². The zero-order valence-corrected chi connectivity index (χ0v) is 11.5. The van der Waals surface area contributed by atoms with Gasteiger partial charge in [0.15, 0.2) is 0 Å². The number of aromatic nitrogens is 4. The van der Waals surface area contributed by atoms with Gasteiger partial charge < -0.3 is 5.11 Å². The highest BCUT2D eigenvalue weighted by Crippen LogP contribution is 2.28. The lowest BCUT2D eigenvalue weighted by molar-refractivity contribution is 0.318. The van der Waals surface area contributed by atoms with Gasteiger partial charge in [-0.15, -0.1) is 0 Å². The fraction of sp³-hybridized carbons (Fsp3) is 0.133.